The molecule has 0 aliphatic rings. The van der Waals surface area contributed by atoms with Gasteiger partial charge >= 0.3 is 0 Å². The van der Waals surface area contributed by atoms with Crippen molar-refractivity contribution in [2.45, 2.75) is 26.2 Å². The molecule has 0 saturated carbocycles. The Morgan fingerprint density at radius 2 is 2.06 bits per heavy atom. The van der Waals surface area contributed by atoms with Crippen molar-refractivity contribution < 1.29 is 0 Å². The van der Waals surface area contributed by atoms with Crippen LogP contribution in [-0.2, 0) is 5.41 Å². The summed E-state index contributed by atoms with van der Waals surface area (Å²) in [5, 5.41) is 13.9. The molecule has 0 saturated heterocycles. The summed E-state index contributed by atoms with van der Waals surface area (Å²) in [5.41, 5.74) is 0.852. The molecule has 0 radical (unpaired) electrons. The van der Waals surface area contributed by atoms with Crippen LogP contribution in [0.15, 0.2) is 24.4 Å². The number of nitrogens with zero attached hydrogens (tertiary/aromatic N) is 4. The summed E-state index contributed by atoms with van der Waals surface area (Å²) < 4.78 is 1.50. The van der Waals surface area contributed by atoms with E-state index < -0.39 is 0 Å². The highest BCUT2D eigenvalue weighted by atomic mass is 35.5. The molecule has 0 aliphatic carbocycles. The Kier molecular flexibility index (Phi) is 3.10. The fourth-order valence-electron chi connectivity index (χ4n) is 1.65. The normalized spacial score (nSPS) is 11.3. The summed E-state index contributed by atoms with van der Waals surface area (Å²) in [6, 6.07) is 7.58. The van der Waals surface area contributed by atoms with Gasteiger partial charge < -0.3 is 0 Å². The van der Waals surface area contributed by atoms with Crippen molar-refractivity contribution in [3.05, 3.63) is 40.8 Å². The van der Waals surface area contributed by atoms with E-state index in [1.54, 1.807) is 12.3 Å². The van der Waals surface area contributed by atoms with E-state index >= 15 is 0 Å². The molecule has 92 valence electrons. The lowest BCUT2D eigenvalue weighted by molar-refractivity contribution is 0.558. The maximum absolute atomic E-state index is 9.21. The van der Waals surface area contributed by atoms with Gasteiger partial charge in [0.15, 0.2) is 11.0 Å². The predicted octanol–water partition coefficient (Wildman–Crippen LogP) is 3.09. The van der Waals surface area contributed by atoms with Crippen molar-refractivity contribution in [1.82, 2.24) is 14.8 Å². The van der Waals surface area contributed by atoms with Crippen LogP contribution >= 0.6 is 11.6 Å². The third-order valence-corrected chi connectivity index (χ3v) is 2.87. The quantitative estimate of drug-likeness (QED) is 0.792. The fourth-order valence-corrected chi connectivity index (χ4v) is 1.91. The van der Waals surface area contributed by atoms with Crippen LogP contribution in [0.2, 0.25) is 5.15 Å². The second kappa shape index (κ2) is 4.43. The Hall–Kier alpha value is -1.86. The van der Waals surface area contributed by atoms with E-state index in [1.807, 2.05) is 32.9 Å². The van der Waals surface area contributed by atoms with E-state index in [-0.39, 0.29) is 5.41 Å². The zero-order valence-corrected chi connectivity index (χ0v) is 11.2. The van der Waals surface area contributed by atoms with Gasteiger partial charge in [-0.2, -0.15) is 10.4 Å². The zero-order chi connectivity index (χ0) is 13.3. The first-order chi connectivity index (χ1) is 8.45. The van der Waals surface area contributed by atoms with Gasteiger partial charge in [0.05, 0.1) is 5.69 Å². The fraction of sp³-hybridized carbons (Fsp3) is 0.308. The maximum Gasteiger partial charge on any atom is 0.155 e. The highest BCUT2D eigenvalue weighted by Crippen LogP contribution is 2.30. The Morgan fingerprint density at radius 3 is 2.50 bits per heavy atom. The molecule has 2 heterocycles. The maximum atomic E-state index is 9.21. The van der Waals surface area contributed by atoms with E-state index in [4.69, 9.17) is 11.6 Å². The van der Waals surface area contributed by atoms with Crippen LogP contribution in [0.25, 0.3) is 5.82 Å². The molecule has 2 aromatic rings. The summed E-state index contributed by atoms with van der Waals surface area (Å²) in [7, 11) is 0. The van der Waals surface area contributed by atoms with Crippen molar-refractivity contribution in [3.8, 4) is 11.9 Å². The standard InChI is InChI=1S/C13H13ClN4/c1-13(2,3)11-9(8-15)12(14)18(17-11)10-6-4-5-7-16-10/h4-7H,1-3H3. The van der Waals surface area contributed by atoms with Crippen molar-refractivity contribution >= 4 is 11.6 Å². The third-order valence-electron chi connectivity index (χ3n) is 2.52. The monoisotopic (exact) mass is 260 g/mol. The number of aromatic nitrogens is 3. The van der Waals surface area contributed by atoms with Crippen LogP contribution in [0.4, 0.5) is 0 Å². The highest BCUT2D eigenvalue weighted by Gasteiger charge is 2.26. The van der Waals surface area contributed by atoms with Gasteiger partial charge in [-0.05, 0) is 12.1 Å². The largest absolute Gasteiger partial charge is 0.237 e. The lowest BCUT2D eigenvalue weighted by Crippen LogP contribution is -2.14. The molecular weight excluding hydrogens is 248 g/mol. The molecule has 0 fully saturated rings. The number of halogens is 1. The summed E-state index contributed by atoms with van der Waals surface area (Å²) in [6.45, 7) is 5.99. The molecule has 0 spiro atoms. The van der Waals surface area contributed by atoms with Crippen LogP contribution < -0.4 is 0 Å². The van der Waals surface area contributed by atoms with Crippen molar-refractivity contribution in [2.24, 2.45) is 0 Å². The van der Waals surface area contributed by atoms with E-state index in [1.165, 1.54) is 4.68 Å². The van der Waals surface area contributed by atoms with Crippen LogP contribution in [0.1, 0.15) is 32.0 Å². The SMILES string of the molecule is CC(C)(C)c1nn(-c2ccccn2)c(Cl)c1C#N. The topological polar surface area (TPSA) is 54.5 Å². The Balaban J connectivity index is 2.66. The van der Waals surface area contributed by atoms with Crippen LogP contribution in [0.5, 0.6) is 0 Å². The van der Waals surface area contributed by atoms with Gasteiger partial charge in [-0.3, -0.25) is 0 Å². The van der Waals surface area contributed by atoms with Crippen LogP contribution in [0.3, 0.4) is 0 Å². The first-order valence-corrected chi connectivity index (χ1v) is 5.93. The molecule has 2 aromatic heterocycles. The van der Waals surface area contributed by atoms with Gasteiger partial charge in [0.1, 0.15) is 11.6 Å². The van der Waals surface area contributed by atoms with E-state index in [0.717, 1.165) is 0 Å². The molecule has 0 amide bonds. The molecule has 18 heavy (non-hydrogen) atoms. The van der Waals surface area contributed by atoms with Gasteiger partial charge in [0, 0.05) is 11.6 Å². The molecule has 0 aromatic carbocycles. The zero-order valence-electron chi connectivity index (χ0n) is 10.5. The van der Waals surface area contributed by atoms with E-state index in [2.05, 4.69) is 16.2 Å². The number of pyridine rings is 1. The summed E-state index contributed by atoms with van der Waals surface area (Å²) in [5.74, 6) is 0.606. The molecule has 5 heteroatoms. The molecular formula is C13H13ClN4. The molecule has 0 bridgehead atoms. The van der Waals surface area contributed by atoms with Gasteiger partial charge in [-0.15, -0.1) is 0 Å². The van der Waals surface area contributed by atoms with Crippen LogP contribution in [-0.4, -0.2) is 14.8 Å². The predicted molar refractivity (Wildman–Crippen MR) is 69.8 cm³/mol. The number of hydrogen-bond acceptors (Lipinski definition) is 3. The second-order valence-corrected chi connectivity index (χ2v) is 5.33. The Bertz CT molecular complexity index is 602. The van der Waals surface area contributed by atoms with E-state index in [9.17, 15) is 5.26 Å². The van der Waals surface area contributed by atoms with Crippen molar-refractivity contribution in [3.63, 3.8) is 0 Å². The third kappa shape index (κ3) is 2.09. The highest BCUT2D eigenvalue weighted by molar-refractivity contribution is 6.31. The lowest BCUT2D eigenvalue weighted by Gasteiger charge is -2.14. The first-order valence-electron chi connectivity index (χ1n) is 5.55. The molecule has 0 N–H and O–H groups in total. The van der Waals surface area contributed by atoms with Gasteiger partial charge in [-0.25, -0.2) is 9.67 Å². The van der Waals surface area contributed by atoms with Crippen molar-refractivity contribution in [1.29, 1.82) is 5.26 Å². The summed E-state index contributed by atoms with van der Waals surface area (Å²) in [4.78, 5) is 4.19. The summed E-state index contributed by atoms with van der Waals surface area (Å²) >= 11 is 6.21. The Morgan fingerprint density at radius 1 is 1.33 bits per heavy atom. The molecule has 4 nitrogen and oxygen atoms in total. The lowest BCUT2D eigenvalue weighted by atomic mass is 9.90. The average Bonchev–Trinajstić information content (AvgIpc) is 2.67. The van der Waals surface area contributed by atoms with E-state index in [0.29, 0.717) is 22.2 Å². The van der Waals surface area contributed by atoms with Gasteiger partial charge in [0.2, 0.25) is 0 Å². The molecule has 2 rings (SSSR count). The van der Waals surface area contributed by atoms with Crippen molar-refractivity contribution in [2.75, 3.05) is 0 Å². The second-order valence-electron chi connectivity index (χ2n) is 4.98. The number of nitriles is 1. The molecule has 0 aliphatic heterocycles. The number of hydrogen-bond donors (Lipinski definition) is 0. The number of rotatable bonds is 1. The molecule has 0 atom stereocenters. The minimum atomic E-state index is -0.241. The van der Waals surface area contributed by atoms with Crippen LogP contribution in [0, 0.1) is 11.3 Å². The first kappa shape index (κ1) is 12.6. The smallest absolute Gasteiger partial charge is 0.155 e. The summed E-state index contributed by atoms with van der Waals surface area (Å²) in [6.07, 6.45) is 1.66. The minimum Gasteiger partial charge on any atom is -0.237 e. The molecule has 0 unspecified atom stereocenters. The van der Waals surface area contributed by atoms with Gasteiger partial charge in [0.25, 0.3) is 0 Å². The minimum absolute atomic E-state index is 0.241. The Labute approximate surface area is 111 Å². The van der Waals surface area contributed by atoms with Gasteiger partial charge in [-0.1, -0.05) is 38.4 Å². The average molecular weight is 261 g/mol.